The van der Waals surface area contributed by atoms with E-state index in [1.807, 2.05) is 0 Å². The monoisotopic (exact) mass is 582 g/mol. The summed E-state index contributed by atoms with van der Waals surface area (Å²) in [5.41, 5.74) is 0. The van der Waals surface area contributed by atoms with Crippen molar-refractivity contribution in [1.82, 2.24) is 0 Å². The standard InChI is InChI=1S/3C8H11O3P.Al/c3*1-2-11-12(9,10)8-6-4-3-5-7-8;/h3*3-7H,2H2,1H3,(H,9,10);/q;;;+3/p-3. The third-order valence-electron chi connectivity index (χ3n) is 4.79. The van der Waals surface area contributed by atoms with Gasteiger partial charge in [0.15, 0.2) is 0 Å². The van der Waals surface area contributed by atoms with Crippen LogP contribution in [0.15, 0.2) is 91.0 Å². The molecular weight excluding hydrogens is 552 g/mol. The third-order valence-corrected chi connectivity index (χ3v) is 14.8. The summed E-state index contributed by atoms with van der Waals surface area (Å²) in [6.07, 6.45) is 0. The first-order valence-electron chi connectivity index (χ1n) is 11.7. The van der Waals surface area contributed by atoms with Gasteiger partial charge in [0.2, 0.25) is 0 Å². The van der Waals surface area contributed by atoms with Crippen LogP contribution in [0.5, 0.6) is 0 Å². The fraction of sp³-hybridized carbons (Fsp3) is 0.250. The van der Waals surface area contributed by atoms with Crippen molar-refractivity contribution in [2.24, 2.45) is 0 Å². The highest BCUT2D eigenvalue weighted by Crippen LogP contribution is 2.56. The van der Waals surface area contributed by atoms with Crippen molar-refractivity contribution >= 4 is 53.9 Å². The first kappa shape index (κ1) is 30.2. The van der Waals surface area contributed by atoms with Crippen molar-refractivity contribution in [1.29, 1.82) is 0 Å². The van der Waals surface area contributed by atoms with Crippen molar-refractivity contribution < 1.29 is 38.0 Å². The fourth-order valence-electron chi connectivity index (χ4n) is 3.24. The summed E-state index contributed by atoms with van der Waals surface area (Å²) in [6, 6.07) is 24.7. The molecule has 0 radical (unpaired) electrons. The molecule has 0 saturated heterocycles. The van der Waals surface area contributed by atoms with Gasteiger partial charge in [0.25, 0.3) is 0 Å². The molecule has 37 heavy (non-hydrogen) atoms. The number of benzene rings is 3. The van der Waals surface area contributed by atoms with Crippen LogP contribution in [0.1, 0.15) is 20.8 Å². The molecule has 0 saturated carbocycles. The summed E-state index contributed by atoms with van der Waals surface area (Å²) in [5, 5.41) is 0.704. The Kier molecular flexibility index (Phi) is 11.5. The van der Waals surface area contributed by atoms with Crippen LogP contribution >= 0.6 is 22.8 Å². The normalized spacial score (nSPS) is 16.3. The zero-order valence-electron chi connectivity index (χ0n) is 20.9. The molecule has 3 aromatic rings. The van der Waals surface area contributed by atoms with Crippen LogP contribution in [-0.4, -0.2) is 35.0 Å². The minimum Gasteiger partial charge on any atom is -0.381 e. The van der Waals surface area contributed by atoms with E-state index in [9.17, 15) is 13.7 Å². The van der Waals surface area contributed by atoms with Gasteiger partial charge in [-0.1, -0.05) is 54.6 Å². The predicted octanol–water partition coefficient (Wildman–Crippen LogP) is 5.69. The molecular formula is C24H30AlO9P3. The van der Waals surface area contributed by atoms with E-state index in [-0.39, 0.29) is 35.7 Å². The van der Waals surface area contributed by atoms with Crippen molar-refractivity contribution in [3.63, 3.8) is 0 Å². The van der Waals surface area contributed by atoms with Gasteiger partial charge < -0.3 is 24.3 Å². The Hall–Kier alpha value is -1.36. The topological polar surface area (TPSA) is 107 Å². The van der Waals surface area contributed by atoms with E-state index in [0.29, 0.717) is 0 Å². The average Bonchev–Trinajstić information content (AvgIpc) is 2.90. The first-order valence-corrected chi connectivity index (χ1v) is 17.8. The Bertz CT molecular complexity index is 1090. The molecule has 3 unspecified atom stereocenters. The van der Waals surface area contributed by atoms with Gasteiger partial charge in [-0.3, -0.25) is 13.7 Å². The minimum atomic E-state index is -4.06. The van der Waals surface area contributed by atoms with Gasteiger partial charge in [0, 0.05) is 0 Å². The Morgan fingerprint density at radius 2 is 0.730 bits per heavy atom. The largest absolute Gasteiger partial charge is 0.927 e. The van der Waals surface area contributed by atoms with Gasteiger partial charge >= 0.3 is 37.9 Å². The number of hydrogen-bond acceptors (Lipinski definition) is 9. The molecule has 0 aliphatic rings. The first-order chi connectivity index (χ1) is 17.8. The summed E-state index contributed by atoms with van der Waals surface area (Å²) >= 11 is -3.88. The molecule has 0 spiro atoms. The molecule has 0 fully saturated rings. The molecule has 0 N–H and O–H groups in total. The van der Waals surface area contributed by atoms with Gasteiger partial charge in [-0.15, -0.1) is 0 Å². The quantitative estimate of drug-likeness (QED) is 0.165. The summed E-state index contributed by atoms with van der Waals surface area (Å²) in [7, 11) is -12.2. The van der Waals surface area contributed by atoms with Gasteiger partial charge in [0.1, 0.15) is 0 Å². The van der Waals surface area contributed by atoms with E-state index >= 15 is 0 Å². The molecule has 0 aromatic heterocycles. The van der Waals surface area contributed by atoms with Crippen molar-refractivity contribution in [2.45, 2.75) is 20.8 Å². The summed E-state index contributed by atoms with van der Waals surface area (Å²) < 4.78 is 76.3. The SMILES string of the molecule is CCOP(=O)([O][Al]([O]P(=O)(OCC)c1ccccc1)[O]P(=O)(OCC)c1ccccc1)c1ccccc1. The van der Waals surface area contributed by atoms with Crippen LogP contribution in [0.4, 0.5) is 0 Å². The van der Waals surface area contributed by atoms with Gasteiger partial charge in [0.05, 0.1) is 35.7 Å². The smallest absolute Gasteiger partial charge is 0.381 e. The van der Waals surface area contributed by atoms with Gasteiger partial charge in [-0.25, -0.2) is 0 Å². The Morgan fingerprint density at radius 1 is 0.486 bits per heavy atom. The highest BCUT2D eigenvalue weighted by molar-refractivity contribution is 7.66. The summed E-state index contributed by atoms with van der Waals surface area (Å²) in [4.78, 5) is 0. The maximum absolute atomic E-state index is 14.0. The molecule has 9 nitrogen and oxygen atoms in total. The van der Waals surface area contributed by atoms with Crippen LogP contribution in [0.2, 0.25) is 0 Å². The van der Waals surface area contributed by atoms with Crippen LogP contribution in [0, 0.1) is 0 Å². The Balaban J connectivity index is 2.08. The molecule has 3 aromatic carbocycles. The lowest BCUT2D eigenvalue weighted by Crippen LogP contribution is -2.31. The van der Waals surface area contributed by atoms with Crippen LogP contribution in [-0.2, 0) is 38.0 Å². The lowest BCUT2D eigenvalue weighted by molar-refractivity contribution is 0.208. The molecule has 3 rings (SSSR count). The lowest BCUT2D eigenvalue weighted by atomic mass is 10.4. The van der Waals surface area contributed by atoms with Crippen molar-refractivity contribution in [2.75, 3.05) is 19.8 Å². The summed E-state index contributed by atoms with van der Waals surface area (Å²) in [6.45, 7) is 5.08. The van der Waals surface area contributed by atoms with E-state index in [2.05, 4.69) is 0 Å². The second-order valence-electron chi connectivity index (χ2n) is 7.36. The maximum Gasteiger partial charge on any atom is 0.927 e. The molecule has 0 aliphatic heterocycles. The second-order valence-corrected chi connectivity index (χ2v) is 15.8. The maximum atomic E-state index is 14.0. The van der Waals surface area contributed by atoms with Crippen LogP contribution < -0.4 is 15.9 Å². The Morgan fingerprint density at radius 3 is 0.946 bits per heavy atom. The molecule has 198 valence electrons. The number of hydrogen-bond donors (Lipinski definition) is 0. The predicted molar refractivity (Wildman–Crippen MR) is 145 cm³/mol. The average molecular weight is 582 g/mol. The lowest BCUT2D eigenvalue weighted by Gasteiger charge is -2.27. The second kappa shape index (κ2) is 14.1. The Labute approximate surface area is 223 Å². The van der Waals surface area contributed by atoms with E-state index in [0.717, 1.165) is 0 Å². The molecule has 13 heteroatoms. The van der Waals surface area contributed by atoms with Crippen molar-refractivity contribution in [3.8, 4) is 0 Å². The number of rotatable bonds is 15. The van der Waals surface area contributed by atoms with Gasteiger partial charge in [-0.05, 0) is 57.2 Å². The highest BCUT2D eigenvalue weighted by atomic mass is 31.2. The van der Waals surface area contributed by atoms with Crippen LogP contribution in [0.25, 0.3) is 0 Å². The highest BCUT2D eigenvalue weighted by Gasteiger charge is 2.52. The molecule has 3 atom stereocenters. The summed E-state index contributed by atoms with van der Waals surface area (Å²) in [5.74, 6) is 0. The van der Waals surface area contributed by atoms with E-state index in [1.54, 1.807) is 112 Å². The van der Waals surface area contributed by atoms with E-state index in [4.69, 9.17) is 24.3 Å². The van der Waals surface area contributed by atoms with Crippen LogP contribution in [0.3, 0.4) is 0 Å². The van der Waals surface area contributed by atoms with E-state index < -0.39 is 37.9 Å². The van der Waals surface area contributed by atoms with Crippen molar-refractivity contribution in [3.05, 3.63) is 91.0 Å². The van der Waals surface area contributed by atoms with Gasteiger partial charge in [-0.2, -0.15) is 0 Å². The molecule has 0 bridgehead atoms. The minimum absolute atomic E-state index is 0.0386. The third kappa shape index (κ3) is 8.07. The molecule has 0 heterocycles. The molecule has 0 aliphatic carbocycles. The zero-order chi connectivity index (χ0) is 26.8. The molecule has 0 amide bonds. The zero-order valence-corrected chi connectivity index (χ0v) is 24.7. The van der Waals surface area contributed by atoms with E-state index in [1.165, 1.54) is 0 Å². The fourth-order valence-corrected chi connectivity index (χ4v) is 12.7.